The maximum atomic E-state index is 13.5. The maximum Gasteiger partial charge on any atom is 0.244 e. The molecule has 3 saturated heterocycles. The molecule has 3 amide bonds. The van der Waals surface area contributed by atoms with Gasteiger partial charge in [-0.15, -0.1) is 11.8 Å². The molecule has 2 bridgehead atoms. The van der Waals surface area contributed by atoms with Crippen LogP contribution in [0, 0.1) is 17.8 Å². The minimum Gasteiger partial charge on any atom is -0.396 e. The maximum absolute atomic E-state index is 13.5. The Labute approximate surface area is 171 Å². The van der Waals surface area contributed by atoms with E-state index in [0.717, 1.165) is 6.42 Å². The van der Waals surface area contributed by atoms with E-state index in [9.17, 15) is 14.4 Å². The zero-order valence-corrected chi connectivity index (χ0v) is 18.3. The summed E-state index contributed by atoms with van der Waals surface area (Å²) in [6.07, 6.45) is 2.06. The van der Waals surface area contributed by atoms with Crippen LogP contribution in [-0.4, -0.2) is 69.5 Å². The Morgan fingerprint density at radius 3 is 2.54 bits per heavy atom. The molecule has 8 heteroatoms. The highest BCUT2D eigenvalue weighted by Crippen LogP contribution is 2.68. The Bertz CT molecular complexity index is 664. The van der Waals surface area contributed by atoms with E-state index in [0.29, 0.717) is 19.4 Å². The van der Waals surface area contributed by atoms with E-state index >= 15 is 0 Å². The van der Waals surface area contributed by atoms with E-state index in [1.807, 2.05) is 20.8 Å². The van der Waals surface area contributed by atoms with Crippen LogP contribution in [0.1, 0.15) is 47.0 Å². The number of nitrogens with zero attached hydrogens (tertiary/aromatic N) is 1. The highest BCUT2D eigenvalue weighted by atomic mass is 32.2. The lowest BCUT2D eigenvalue weighted by molar-refractivity contribution is -0.140. The van der Waals surface area contributed by atoms with Crippen molar-refractivity contribution >= 4 is 29.5 Å². The average molecular weight is 412 g/mol. The van der Waals surface area contributed by atoms with Gasteiger partial charge < -0.3 is 20.6 Å². The van der Waals surface area contributed by atoms with Crippen LogP contribution >= 0.6 is 11.8 Å². The second-order valence-electron chi connectivity index (χ2n) is 9.37. The topological polar surface area (TPSA) is 98.7 Å². The summed E-state index contributed by atoms with van der Waals surface area (Å²) in [5.74, 6) is -0.984. The first-order valence-electron chi connectivity index (χ1n) is 10.2. The predicted molar refractivity (Wildman–Crippen MR) is 109 cm³/mol. The number of amides is 3. The number of carbonyl (C=O) groups is 3. The Hall–Kier alpha value is -1.28. The zero-order valence-electron chi connectivity index (χ0n) is 17.4. The molecule has 0 radical (unpaired) electrons. The summed E-state index contributed by atoms with van der Waals surface area (Å²) in [4.78, 5) is 41.2. The fraction of sp³-hybridized carbons (Fsp3) is 0.850. The average Bonchev–Trinajstić information content (AvgIpc) is 3.17. The molecule has 3 fully saturated rings. The monoisotopic (exact) mass is 411 g/mol. The molecule has 158 valence electrons. The van der Waals surface area contributed by atoms with Crippen molar-refractivity contribution in [1.29, 1.82) is 0 Å². The van der Waals surface area contributed by atoms with E-state index in [1.165, 1.54) is 0 Å². The first-order chi connectivity index (χ1) is 13.1. The summed E-state index contributed by atoms with van der Waals surface area (Å²) in [5, 5.41) is 15.0. The number of aliphatic hydroxyl groups is 1. The van der Waals surface area contributed by atoms with Gasteiger partial charge in [-0.3, -0.25) is 14.4 Å². The van der Waals surface area contributed by atoms with E-state index in [1.54, 1.807) is 23.7 Å². The molecular weight excluding hydrogens is 378 g/mol. The fourth-order valence-electron chi connectivity index (χ4n) is 5.36. The molecule has 1 spiro atoms. The molecule has 6 atom stereocenters. The smallest absolute Gasteiger partial charge is 0.244 e. The molecule has 3 rings (SSSR count). The van der Waals surface area contributed by atoms with Gasteiger partial charge in [0.25, 0.3) is 0 Å². The first kappa shape index (κ1) is 21.4. The molecule has 3 unspecified atom stereocenters. The normalized spacial score (nSPS) is 36.6. The predicted octanol–water partition coefficient (Wildman–Crippen LogP) is 0.757. The first-order valence-corrected chi connectivity index (χ1v) is 11.1. The van der Waals surface area contributed by atoms with Crippen molar-refractivity contribution in [3.8, 4) is 0 Å². The lowest BCUT2D eigenvalue weighted by Gasteiger charge is -2.39. The van der Waals surface area contributed by atoms with E-state index in [-0.39, 0.29) is 41.4 Å². The summed E-state index contributed by atoms with van der Waals surface area (Å²) in [6.45, 7) is 8.40. The van der Waals surface area contributed by atoms with Crippen molar-refractivity contribution < 1.29 is 19.5 Å². The van der Waals surface area contributed by atoms with Crippen LogP contribution in [0.15, 0.2) is 0 Å². The lowest BCUT2D eigenvalue weighted by atomic mass is 9.66. The Morgan fingerprint density at radius 1 is 1.29 bits per heavy atom. The molecule has 0 aromatic rings. The van der Waals surface area contributed by atoms with Gasteiger partial charge in [0.2, 0.25) is 17.7 Å². The van der Waals surface area contributed by atoms with Crippen LogP contribution in [0.2, 0.25) is 0 Å². The van der Waals surface area contributed by atoms with Crippen LogP contribution in [0.5, 0.6) is 0 Å². The Balaban J connectivity index is 2.01. The van der Waals surface area contributed by atoms with Gasteiger partial charge >= 0.3 is 0 Å². The van der Waals surface area contributed by atoms with Crippen LogP contribution in [0.25, 0.3) is 0 Å². The lowest BCUT2D eigenvalue weighted by Crippen LogP contribution is -2.59. The number of aliphatic hydroxyl groups excluding tert-OH is 1. The summed E-state index contributed by atoms with van der Waals surface area (Å²) in [6, 6.07) is -0.581. The van der Waals surface area contributed by atoms with Gasteiger partial charge in [0.1, 0.15) is 6.04 Å². The zero-order chi connectivity index (χ0) is 20.9. The van der Waals surface area contributed by atoms with E-state index in [2.05, 4.69) is 17.6 Å². The molecule has 3 aliphatic heterocycles. The fourth-order valence-corrected chi connectivity index (χ4v) is 7.78. The number of nitrogens with one attached hydrogen (secondary N) is 2. The summed E-state index contributed by atoms with van der Waals surface area (Å²) >= 11 is 1.69. The molecule has 0 saturated carbocycles. The largest absolute Gasteiger partial charge is 0.396 e. The number of rotatable bonds is 6. The van der Waals surface area contributed by atoms with E-state index < -0.39 is 22.2 Å². The van der Waals surface area contributed by atoms with Gasteiger partial charge in [0, 0.05) is 31.0 Å². The summed E-state index contributed by atoms with van der Waals surface area (Å²) < 4.78 is -0.562. The molecule has 3 heterocycles. The molecule has 7 nitrogen and oxygen atoms in total. The number of thioether (sulfide) groups is 1. The van der Waals surface area contributed by atoms with Crippen molar-refractivity contribution in [2.45, 2.75) is 68.5 Å². The third-order valence-electron chi connectivity index (χ3n) is 6.35. The minimum atomic E-state index is -0.581. The van der Waals surface area contributed by atoms with E-state index in [4.69, 9.17) is 5.11 Å². The van der Waals surface area contributed by atoms with Crippen LogP contribution in [-0.2, 0) is 14.4 Å². The number of fused-ring (bicyclic) bond motifs is 1. The second-order valence-corrected chi connectivity index (χ2v) is 10.9. The number of likely N-dealkylation sites (tertiary alicyclic amines) is 1. The number of unbranched alkanes of at least 4 members (excludes halogenated alkanes) is 1. The molecule has 3 aliphatic rings. The van der Waals surface area contributed by atoms with Crippen molar-refractivity contribution in [2.75, 3.05) is 20.2 Å². The number of carbonyl (C=O) groups excluding carboxylic acids is 3. The van der Waals surface area contributed by atoms with Crippen molar-refractivity contribution in [2.24, 2.45) is 17.8 Å². The Morgan fingerprint density at radius 2 is 1.96 bits per heavy atom. The van der Waals surface area contributed by atoms with Gasteiger partial charge in [-0.05, 0) is 46.0 Å². The van der Waals surface area contributed by atoms with Gasteiger partial charge in [0.15, 0.2) is 0 Å². The minimum absolute atomic E-state index is 0.0591. The molecule has 0 aliphatic carbocycles. The second kappa shape index (κ2) is 7.52. The molecule has 28 heavy (non-hydrogen) atoms. The van der Waals surface area contributed by atoms with Crippen molar-refractivity contribution in [3.05, 3.63) is 0 Å². The van der Waals surface area contributed by atoms with Crippen LogP contribution in [0.4, 0.5) is 0 Å². The molecule has 0 aromatic carbocycles. The van der Waals surface area contributed by atoms with Crippen LogP contribution in [0.3, 0.4) is 0 Å². The van der Waals surface area contributed by atoms with Crippen molar-refractivity contribution in [3.63, 3.8) is 0 Å². The quantitative estimate of drug-likeness (QED) is 0.561. The standard InChI is InChI=1S/C20H33N3O4S/c1-11-10-12-13(16(25)21-5)14-18(27)23(8-6-7-9-24)15(20(11,14)28-12)17(26)22-19(2,3)4/h11-15,24H,6-10H2,1-5H3,(H,21,25)(H,22,26)/t11?,12-,13+,14+,15?,20?/m1/s1. The highest BCUT2D eigenvalue weighted by molar-refractivity contribution is 8.02. The highest BCUT2D eigenvalue weighted by Gasteiger charge is 2.75. The van der Waals surface area contributed by atoms with Gasteiger partial charge in [-0.1, -0.05) is 6.92 Å². The Kier molecular flexibility index (Phi) is 5.75. The third-order valence-corrected chi connectivity index (χ3v) is 8.42. The molecule has 3 N–H and O–H groups in total. The number of hydrogen-bond donors (Lipinski definition) is 3. The van der Waals surface area contributed by atoms with Gasteiger partial charge in [-0.25, -0.2) is 0 Å². The van der Waals surface area contributed by atoms with Crippen molar-refractivity contribution in [1.82, 2.24) is 15.5 Å². The number of hydrogen-bond acceptors (Lipinski definition) is 5. The molecular formula is C20H33N3O4S. The van der Waals surface area contributed by atoms with Gasteiger partial charge in [-0.2, -0.15) is 0 Å². The summed E-state index contributed by atoms with van der Waals surface area (Å²) in [5.41, 5.74) is -0.406. The van der Waals surface area contributed by atoms with Gasteiger partial charge in [0.05, 0.1) is 16.6 Å². The SMILES string of the molecule is CNC(=O)[C@@H]1[C@H]2C(=O)N(CCCCO)C(C(=O)NC(C)(C)C)C23S[C@@H]1CC3C. The third kappa shape index (κ3) is 3.22. The van der Waals surface area contributed by atoms with Crippen LogP contribution < -0.4 is 10.6 Å². The summed E-state index contributed by atoms with van der Waals surface area (Å²) in [7, 11) is 1.61. The molecule has 0 aromatic heterocycles.